The lowest BCUT2D eigenvalue weighted by Crippen LogP contribution is -2.45. The van der Waals surface area contributed by atoms with Crippen LogP contribution in [-0.2, 0) is 27.8 Å². The molecule has 2 amide bonds. The summed E-state index contributed by atoms with van der Waals surface area (Å²) in [6.45, 7) is 3.50. The molecule has 0 bridgehead atoms. The SMILES string of the molecule is Cc1cc(C(=O)Nc2nc3c(s2)CN(C(=O)C2CCN(S(C)(=O)=O)CC2)CC3)no1. The molecule has 4 rings (SSSR count). The van der Waals surface area contributed by atoms with Gasteiger partial charge in [0, 0.05) is 42.9 Å². The fourth-order valence-electron chi connectivity index (χ4n) is 3.76. The lowest BCUT2D eigenvalue weighted by molar-refractivity contribution is -0.137. The van der Waals surface area contributed by atoms with Crippen LogP contribution in [0.4, 0.5) is 5.13 Å². The predicted octanol–water partition coefficient (Wildman–Crippen LogP) is 1.25. The van der Waals surface area contributed by atoms with E-state index in [-0.39, 0.29) is 23.4 Å². The minimum absolute atomic E-state index is 0.0610. The molecular formula is C18H23N5O5S2. The van der Waals surface area contributed by atoms with E-state index < -0.39 is 10.0 Å². The van der Waals surface area contributed by atoms with Gasteiger partial charge in [-0.25, -0.2) is 17.7 Å². The van der Waals surface area contributed by atoms with Crippen LogP contribution in [0.2, 0.25) is 0 Å². The second kappa shape index (κ2) is 8.08. The highest BCUT2D eigenvalue weighted by Gasteiger charge is 2.33. The lowest BCUT2D eigenvalue weighted by Gasteiger charge is -2.34. The first-order chi connectivity index (χ1) is 14.2. The fraction of sp³-hybridized carbons (Fsp3) is 0.556. The summed E-state index contributed by atoms with van der Waals surface area (Å²) in [4.78, 5) is 32.4. The molecule has 10 nitrogen and oxygen atoms in total. The zero-order valence-electron chi connectivity index (χ0n) is 16.8. The molecule has 0 radical (unpaired) electrons. The summed E-state index contributed by atoms with van der Waals surface area (Å²) in [5.41, 5.74) is 1.08. The number of nitrogens with one attached hydrogen (secondary N) is 1. The molecule has 0 aliphatic carbocycles. The van der Waals surface area contributed by atoms with Gasteiger partial charge in [0.1, 0.15) is 5.76 Å². The van der Waals surface area contributed by atoms with E-state index >= 15 is 0 Å². The van der Waals surface area contributed by atoms with E-state index in [1.165, 1.54) is 21.9 Å². The number of hydrogen-bond acceptors (Lipinski definition) is 8. The number of hydrogen-bond donors (Lipinski definition) is 1. The smallest absolute Gasteiger partial charge is 0.279 e. The zero-order chi connectivity index (χ0) is 21.5. The molecule has 1 fully saturated rings. The van der Waals surface area contributed by atoms with Crippen molar-refractivity contribution >= 4 is 38.3 Å². The van der Waals surface area contributed by atoms with E-state index in [0.717, 1.165) is 10.6 Å². The number of amides is 2. The molecule has 0 saturated carbocycles. The van der Waals surface area contributed by atoms with Gasteiger partial charge in [-0.15, -0.1) is 0 Å². The van der Waals surface area contributed by atoms with Crippen molar-refractivity contribution in [3.63, 3.8) is 0 Å². The Morgan fingerprint density at radius 2 is 2.00 bits per heavy atom. The van der Waals surface area contributed by atoms with Crippen LogP contribution in [0, 0.1) is 12.8 Å². The number of nitrogens with zero attached hydrogens (tertiary/aromatic N) is 4. The first-order valence-electron chi connectivity index (χ1n) is 9.68. The summed E-state index contributed by atoms with van der Waals surface area (Å²) in [5.74, 6) is 0.0662. The van der Waals surface area contributed by atoms with E-state index in [1.54, 1.807) is 13.0 Å². The lowest BCUT2D eigenvalue weighted by atomic mass is 9.96. The average Bonchev–Trinajstić information content (AvgIpc) is 3.31. The normalized spacial score (nSPS) is 18.3. The molecular weight excluding hydrogens is 430 g/mol. The maximum Gasteiger partial charge on any atom is 0.279 e. The van der Waals surface area contributed by atoms with E-state index in [1.807, 2.05) is 4.90 Å². The van der Waals surface area contributed by atoms with Crippen molar-refractivity contribution in [1.29, 1.82) is 0 Å². The molecule has 30 heavy (non-hydrogen) atoms. The molecule has 2 aliphatic rings. The van der Waals surface area contributed by atoms with Crippen molar-refractivity contribution in [1.82, 2.24) is 19.3 Å². The highest BCUT2D eigenvalue weighted by molar-refractivity contribution is 7.88. The number of fused-ring (bicyclic) bond motifs is 1. The third-order valence-electron chi connectivity index (χ3n) is 5.40. The molecule has 162 valence electrons. The number of aryl methyl sites for hydroxylation is 1. The van der Waals surface area contributed by atoms with Crippen molar-refractivity contribution in [2.75, 3.05) is 31.2 Å². The fourth-order valence-corrected chi connectivity index (χ4v) is 5.66. The Bertz CT molecular complexity index is 1070. The van der Waals surface area contributed by atoms with Gasteiger partial charge in [-0.2, -0.15) is 0 Å². The van der Waals surface area contributed by atoms with E-state index in [0.29, 0.717) is 56.3 Å². The summed E-state index contributed by atoms with van der Waals surface area (Å²) in [6.07, 6.45) is 2.90. The van der Waals surface area contributed by atoms with Gasteiger partial charge < -0.3 is 9.42 Å². The molecule has 1 saturated heterocycles. The zero-order valence-corrected chi connectivity index (χ0v) is 18.4. The minimum atomic E-state index is -3.21. The van der Waals surface area contributed by atoms with Crippen LogP contribution < -0.4 is 5.32 Å². The molecule has 2 aliphatic heterocycles. The van der Waals surface area contributed by atoms with E-state index in [4.69, 9.17) is 4.52 Å². The van der Waals surface area contributed by atoms with Gasteiger partial charge in [0.15, 0.2) is 10.8 Å². The van der Waals surface area contributed by atoms with Gasteiger partial charge in [-0.05, 0) is 19.8 Å². The highest BCUT2D eigenvalue weighted by atomic mass is 32.2. The van der Waals surface area contributed by atoms with Crippen LogP contribution >= 0.6 is 11.3 Å². The molecule has 0 unspecified atom stereocenters. The molecule has 0 spiro atoms. The van der Waals surface area contributed by atoms with Gasteiger partial charge in [0.2, 0.25) is 15.9 Å². The first kappa shape index (κ1) is 20.9. The van der Waals surface area contributed by atoms with Crippen molar-refractivity contribution in [2.45, 2.75) is 32.7 Å². The van der Waals surface area contributed by atoms with E-state index in [2.05, 4.69) is 15.5 Å². The Labute approximate surface area is 178 Å². The summed E-state index contributed by atoms with van der Waals surface area (Å²) in [7, 11) is -3.21. The summed E-state index contributed by atoms with van der Waals surface area (Å²) in [6, 6.07) is 1.55. The van der Waals surface area contributed by atoms with Crippen molar-refractivity contribution in [2.24, 2.45) is 5.92 Å². The largest absolute Gasteiger partial charge is 0.361 e. The molecule has 12 heteroatoms. The standard InChI is InChI=1S/C18H23N5O5S2/c1-11-9-14(21-28-11)16(24)20-18-19-13-5-6-22(10-15(13)29-18)17(25)12-3-7-23(8-4-12)30(2,26)27/h9,12H,3-8,10H2,1-2H3,(H,19,20,24). The van der Waals surface area contributed by atoms with Crippen LogP contribution in [0.1, 0.15) is 39.7 Å². The highest BCUT2D eigenvalue weighted by Crippen LogP contribution is 2.30. The number of anilines is 1. The summed E-state index contributed by atoms with van der Waals surface area (Å²) < 4.78 is 29.7. The second-order valence-corrected chi connectivity index (χ2v) is 10.7. The summed E-state index contributed by atoms with van der Waals surface area (Å²) in [5, 5.41) is 6.91. The van der Waals surface area contributed by atoms with Crippen molar-refractivity contribution < 1.29 is 22.5 Å². The third-order valence-corrected chi connectivity index (χ3v) is 7.70. The molecule has 0 atom stereocenters. The third kappa shape index (κ3) is 4.40. The number of rotatable bonds is 4. The average molecular weight is 454 g/mol. The maximum absolute atomic E-state index is 12.9. The topological polar surface area (TPSA) is 126 Å². The molecule has 1 N–H and O–H groups in total. The van der Waals surface area contributed by atoms with Crippen LogP contribution in [-0.4, -0.2) is 65.5 Å². The second-order valence-electron chi connectivity index (χ2n) is 7.61. The first-order valence-corrected chi connectivity index (χ1v) is 12.3. The van der Waals surface area contributed by atoms with Crippen molar-refractivity contribution in [3.05, 3.63) is 28.1 Å². The Hall–Kier alpha value is -2.31. The van der Waals surface area contributed by atoms with Crippen LogP contribution in [0.15, 0.2) is 10.6 Å². The molecule has 2 aromatic rings. The van der Waals surface area contributed by atoms with E-state index in [9.17, 15) is 18.0 Å². The number of carbonyl (C=O) groups is 2. The minimum Gasteiger partial charge on any atom is -0.361 e. The van der Waals surface area contributed by atoms with Gasteiger partial charge in [0.25, 0.3) is 5.91 Å². The number of carbonyl (C=O) groups excluding carboxylic acids is 2. The maximum atomic E-state index is 12.9. The van der Waals surface area contributed by atoms with Gasteiger partial charge in [0.05, 0.1) is 18.5 Å². The Kier molecular flexibility index (Phi) is 5.64. The Balaban J connectivity index is 1.37. The Morgan fingerprint density at radius 3 is 2.63 bits per heavy atom. The number of piperidine rings is 1. The van der Waals surface area contributed by atoms with Crippen LogP contribution in [0.3, 0.4) is 0 Å². The van der Waals surface area contributed by atoms with Gasteiger partial charge >= 0.3 is 0 Å². The van der Waals surface area contributed by atoms with Crippen LogP contribution in [0.25, 0.3) is 0 Å². The molecule has 2 aromatic heterocycles. The predicted molar refractivity (Wildman–Crippen MR) is 110 cm³/mol. The molecule has 0 aromatic carbocycles. The number of thiazole rings is 1. The molecule has 4 heterocycles. The number of aromatic nitrogens is 2. The number of sulfonamides is 1. The van der Waals surface area contributed by atoms with Gasteiger partial charge in [-0.1, -0.05) is 16.5 Å². The van der Waals surface area contributed by atoms with Gasteiger partial charge in [-0.3, -0.25) is 14.9 Å². The van der Waals surface area contributed by atoms with Crippen LogP contribution in [0.5, 0.6) is 0 Å². The van der Waals surface area contributed by atoms with Crippen molar-refractivity contribution in [3.8, 4) is 0 Å². The monoisotopic (exact) mass is 453 g/mol. The quantitative estimate of drug-likeness (QED) is 0.738. The summed E-state index contributed by atoms with van der Waals surface area (Å²) >= 11 is 1.35. The Morgan fingerprint density at radius 1 is 1.27 bits per heavy atom.